The quantitative estimate of drug-likeness (QED) is 0.744. The third kappa shape index (κ3) is 6.08. The summed E-state index contributed by atoms with van der Waals surface area (Å²) in [5, 5.41) is 4.82. The van der Waals surface area contributed by atoms with Crippen molar-refractivity contribution >= 4 is 34.4 Å². The largest absolute Gasteiger partial charge is 0.416 e. The Bertz CT molecular complexity index is 917. The normalized spacial score (nSPS) is 18.0. The number of halogens is 3. The maximum atomic E-state index is 12.8. The first-order valence-corrected chi connectivity index (χ1v) is 9.72. The van der Waals surface area contributed by atoms with E-state index in [4.69, 9.17) is 0 Å². The van der Waals surface area contributed by atoms with Gasteiger partial charge in [-0.2, -0.15) is 13.2 Å². The fourth-order valence-corrected chi connectivity index (χ4v) is 3.70. The molecule has 0 aromatic heterocycles. The van der Waals surface area contributed by atoms with Crippen molar-refractivity contribution in [2.75, 3.05) is 11.9 Å². The molecule has 1 heterocycles. The molecule has 1 fully saturated rings. The second kappa shape index (κ2) is 9.13. The van der Waals surface area contributed by atoms with Crippen molar-refractivity contribution in [1.29, 1.82) is 0 Å². The summed E-state index contributed by atoms with van der Waals surface area (Å²) < 4.78 is 38.3. The Kier molecular flexibility index (Phi) is 6.58. The molecule has 2 aromatic rings. The number of amides is 2. The first-order valence-electron chi connectivity index (χ1n) is 8.84. The number of alkyl halides is 3. The first-order chi connectivity index (χ1) is 13.8. The van der Waals surface area contributed by atoms with E-state index in [2.05, 4.69) is 15.6 Å². The third-order valence-corrected chi connectivity index (χ3v) is 5.24. The summed E-state index contributed by atoms with van der Waals surface area (Å²) in [5.41, 5.74) is 0.310. The van der Waals surface area contributed by atoms with Crippen molar-refractivity contribution in [2.24, 2.45) is 4.99 Å². The molecule has 0 aliphatic carbocycles. The maximum Gasteiger partial charge on any atom is 0.416 e. The van der Waals surface area contributed by atoms with E-state index in [9.17, 15) is 22.8 Å². The molecule has 152 valence electrons. The van der Waals surface area contributed by atoms with Crippen LogP contribution in [-0.2, 0) is 22.2 Å². The van der Waals surface area contributed by atoms with Gasteiger partial charge in [-0.3, -0.25) is 14.6 Å². The van der Waals surface area contributed by atoms with E-state index in [0.29, 0.717) is 11.7 Å². The summed E-state index contributed by atoms with van der Waals surface area (Å²) in [7, 11) is 0. The van der Waals surface area contributed by atoms with Gasteiger partial charge in [-0.1, -0.05) is 48.2 Å². The van der Waals surface area contributed by atoms with E-state index in [1.807, 2.05) is 30.3 Å². The van der Waals surface area contributed by atoms with Gasteiger partial charge < -0.3 is 10.6 Å². The molecule has 29 heavy (non-hydrogen) atoms. The molecule has 5 nitrogen and oxygen atoms in total. The van der Waals surface area contributed by atoms with Crippen LogP contribution in [0.2, 0.25) is 0 Å². The second-order valence-electron chi connectivity index (χ2n) is 6.35. The number of carbonyl (C=O) groups is 2. The predicted molar refractivity (Wildman–Crippen MR) is 107 cm³/mol. The SMILES string of the molecule is O=C(CC1SC(=NCCc2ccccc2)NC1=O)Nc1cccc(C(F)(F)F)c1. The lowest BCUT2D eigenvalue weighted by Gasteiger charge is -2.10. The molecule has 0 saturated carbocycles. The Balaban J connectivity index is 1.52. The summed E-state index contributed by atoms with van der Waals surface area (Å²) in [6.07, 6.45) is -3.93. The minimum atomic E-state index is -4.49. The van der Waals surface area contributed by atoms with Gasteiger partial charge >= 0.3 is 6.18 Å². The first kappa shape index (κ1) is 20.9. The monoisotopic (exact) mass is 421 g/mol. The third-order valence-electron chi connectivity index (χ3n) is 4.12. The molecular weight excluding hydrogens is 403 g/mol. The highest BCUT2D eigenvalue weighted by atomic mass is 32.2. The molecule has 0 spiro atoms. The molecule has 0 bridgehead atoms. The number of hydrogen-bond acceptors (Lipinski definition) is 4. The van der Waals surface area contributed by atoms with Crippen molar-refractivity contribution in [3.8, 4) is 0 Å². The average molecular weight is 421 g/mol. The number of anilines is 1. The molecule has 2 aromatic carbocycles. The summed E-state index contributed by atoms with van der Waals surface area (Å²) in [6, 6.07) is 14.1. The van der Waals surface area contributed by atoms with Gasteiger partial charge in [0, 0.05) is 18.7 Å². The molecule has 2 amide bonds. The minimum absolute atomic E-state index is 0.0324. The van der Waals surface area contributed by atoms with E-state index < -0.39 is 22.9 Å². The van der Waals surface area contributed by atoms with Gasteiger partial charge in [0.2, 0.25) is 11.8 Å². The van der Waals surface area contributed by atoms with Crippen LogP contribution in [0, 0.1) is 0 Å². The van der Waals surface area contributed by atoms with Crippen molar-refractivity contribution in [3.63, 3.8) is 0 Å². The number of nitrogens with zero attached hydrogens (tertiary/aromatic N) is 1. The maximum absolute atomic E-state index is 12.8. The zero-order valence-electron chi connectivity index (χ0n) is 15.2. The topological polar surface area (TPSA) is 70.6 Å². The number of carbonyl (C=O) groups excluding carboxylic acids is 2. The molecule has 1 unspecified atom stereocenters. The molecule has 1 aliphatic rings. The fourth-order valence-electron chi connectivity index (χ4n) is 2.70. The smallest absolute Gasteiger partial charge is 0.326 e. The minimum Gasteiger partial charge on any atom is -0.326 e. The van der Waals surface area contributed by atoms with E-state index in [0.717, 1.165) is 35.9 Å². The molecule has 3 rings (SSSR count). The van der Waals surface area contributed by atoms with Gasteiger partial charge in [-0.15, -0.1) is 0 Å². The Morgan fingerprint density at radius 3 is 2.62 bits per heavy atom. The van der Waals surface area contributed by atoms with Crippen LogP contribution in [0.15, 0.2) is 59.6 Å². The van der Waals surface area contributed by atoms with Crippen LogP contribution in [0.5, 0.6) is 0 Å². The summed E-state index contributed by atoms with van der Waals surface area (Å²) in [5.74, 6) is -0.879. The van der Waals surface area contributed by atoms with Crippen LogP contribution in [0.3, 0.4) is 0 Å². The van der Waals surface area contributed by atoms with Gasteiger partial charge in [-0.25, -0.2) is 0 Å². The Morgan fingerprint density at radius 1 is 1.14 bits per heavy atom. The van der Waals surface area contributed by atoms with E-state index in [-0.39, 0.29) is 18.0 Å². The van der Waals surface area contributed by atoms with E-state index in [1.165, 1.54) is 12.1 Å². The van der Waals surface area contributed by atoms with Crippen LogP contribution in [0.25, 0.3) is 0 Å². The highest BCUT2D eigenvalue weighted by Crippen LogP contribution is 2.31. The van der Waals surface area contributed by atoms with Crippen molar-refractivity contribution in [3.05, 3.63) is 65.7 Å². The van der Waals surface area contributed by atoms with Gasteiger partial charge in [0.25, 0.3) is 0 Å². The summed E-state index contributed by atoms with van der Waals surface area (Å²) >= 11 is 1.15. The highest BCUT2D eigenvalue weighted by molar-refractivity contribution is 8.15. The Morgan fingerprint density at radius 2 is 1.90 bits per heavy atom. The summed E-state index contributed by atoms with van der Waals surface area (Å²) in [4.78, 5) is 28.5. The highest BCUT2D eigenvalue weighted by Gasteiger charge is 2.33. The molecule has 2 N–H and O–H groups in total. The standard InChI is InChI=1S/C20H18F3N3O2S/c21-20(22,23)14-7-4-8-15(11-14)25-17(27)12-16-18(28)26-19(29-16)24-10-9-13-5-2-1-3-6-13/h1-8,11,16H,9-10,12H2,(H,25,27)(H,24,26,28). The lowest BCUT2D eigenvalue weighted by Crippen LogP contribution is -2.28. The lowest BCUT2D eigenvalue weighted by atomic mass is 10.2. The molecule has 9 heteroatoms. The number of benzene rings is 2. The molecule has 1 saturated heterocycles. The second-order valence-corrected chi connectivity index (χ2v) is 7.54. The predicted octanol–water partition coefficient (Wildman–Crippen LogP) is 3.86. The van der Waals surface area contributed by atoms with Crippen LogP contribution >= 0.6 is 11.8 Å². The molecule has 1 aliphatic heterocycles. The molecule has 1 atom stereocenters. The average Bonchev–Trinajstić information content (AvgIpc) is 3.01. The zero-order chi connectivity index (χ0) is 20.9. The number of rotatable bonds is 6. The van der Waals surface area contributed by atoms with Crippen molar-refractivity contribution < 1.29 is 22.8 Å². The number of amidine groups is 1. The Hall–Kier alpha value is -2.81. The lowest BCUT2D eigenvalue weighted by molar-refractivity contribution is -0.137. The Labute approximate surface area is 169 Å². The van der Waals surface area contributed by atoms with Crippen LogP contribution in [0.4, 0.5) is 18.9 Å². The van der Waals surface area contributed by atoms with E-state index in [1.54, 1.807) is 0 Å². The number of aliphatic imine (C=N–C) groups is 1. The molecular formula is C20H18F3N3O2S. The van der Waals surface area contributed by atoms with Crippen LogP contribution < -0.4 is 10.6 Å². The van der Waals surface area contributed by atoms with Crippen LogP contribution in [0.1, 0.15) is 17.5 Å². The van der Waals surface area contributed by atoms with Crippen molar-refractivity contribution in [1.82, 2.24) is 5.32 Å². The zero-order valence-corrected chi connectivity index (χ0v) is 16.0. The fraction of sp³-hybridized carbons (Fsp3) is 0.250. The number of thioether (sulfide) groups is 1. The van der Waals surface area contributed by atoms with E-state index >= 15 is 0 Å². The van der Waals surface area contributed by atoms with Gasteiger partial charge in [-0.05, 0) is 30.2 Å². The van der Waals surface area contributed by atoms with Gasteiger partial charge in [0.1, 0.15) is 5.25 Å². The number of hydrogen-bond donors (Lipinski definition) is 2. The summed E-state index contributed by atoms with van der Waals surface area (Å²) in [6.45, 7) is 0.496. The molecule has 0 radical (unpaired) electrons. The van der Waals surface area contributed by atoms with Crippen molar-refractivity contribution in [2.45, 2.75) is 24.3 Å². The van der Waals surface area contributed by atoms with Crippen LogP contribution in [-0.4, -0.2) is 28.8 Å². The van der Waals surface area contributed by atoms with Gasteiger partial charge in [0.05, 0.1) is 5.56 Å². The number of nitrogens with one attached hydrogen (secondary N) is 2. The van der Waals surface area contributed by atoms with Gasteiger partial charge in [0.15, 0.2) is 5.17 Å².